The zero-order valence-corrected chi connectivity index (χ0v) is 17.1. The molecular formula is C21H29N5O3. The average Bonchev–Trinajstić information content (AvgIpc) is 2.95. The molecule has 29 heavy (non-hydrogen) atoms. The number of nitrogens with zero attached hydrogens (tertiary/aromatic N) is 3. The molecule has 1 atom stereocenters. The predicted molar refractivity (Wildman–Crippen MR) is 111 cm³/mol. The minimum absolute atomic E-state index is 0.213. The Hall–Kier alpha value is -2.45. The molecule has 2 N–H and O–H groups in total. The highest BCUT2D eigenvalue weighted by Gasteiger charge is 2.31. The van der Waals surface area contributed by atoms with Crippen LogP contribution >= 0.6 is 0 Å². The Morgan fingerprint density at radius 3 is 2.59 bits per heavy atom. The number of amides is 2. The molecule has 8 heteroatoms. The lowest BCUT2D eigenvalue weighted by molar-refractivity contribution is -0.135. The molecule has 2 aromatic rings. The lowest BCUT2D eigenvalue weighted by Crippen LogP contribution is -2.44. The molecule has 2 aliphatic heterocycles. The number of benzene rings is 1. The van der Waals surface area contributed by atoms with Gasteiger partial charge in [-0.15, -0.1) is 0 Å². The summed E-state index contributed by atoms with van der Waals surface area (Å²) in [6.07, 6.45) is 2.95. The zero-order chi connectivity index (χ0) is 20.5. The summed E-state index contributed by atoms with van der Waals surface area (Å²) in [5.74, 6) is 0.0553. The van der Waals surface area contributed by atoms with Gasteiger partial charge in [-0.1, -0.05) is 12.1 Å². The maximum atomic E-state index is 13.0. The SMILES string of the molecule is CNCC1CCN(Cc2cccc3c2n(C)c(=O)n3C2CCC(=O)NC2=O)CC1. The molecule has 1 unspecified atom stereocenters. The van der Waals surface area contributed by atoms with Gasteiger partial charge in [-0.05, 0) is 63.5 Å². The molecular weight excluding hydrogens is 370 g/mol. The molecule has 0 bridgehead atoms. The van der Waals surface area contributed by atoms with Gasteiger partial charge in [-0.25, -0.2) is 4.79 Å². The highest BCUT2D eigenvalue weighted by molar-refractivity contribution is 6.00. The van der Waals surface area contributed by atoms with E-state index in [0.29, 0.717) is 6.42 Å². The lowest BCUT2D eigenvalue weighted by atomic mass is 9.96. The summed E-state index contributed by atoms with van der Waals surface area (Å²) < 4.78 is 3.20. The summed E-state index contributed by atoms with van der Waals surface area (Å²) in [4.78, 5) is 39.3. The van der Waals surface area contributed by atoms with E-state index >= 15 is 0 Å². The van der Waals surface area contributed by atoms with Crippen LogP contribution in [0.5, 0.6) is 0 Å². The number of piperidine rings is 2. The fourth-order valence-corrected chi connectivity index (χ4v) is 4.76. The minimum Gasteiger partial charge on any atom is -0.319 e. The number of para-hydroxylation sites is 1. The standard InChI is InChI=1S/C21H29N5O3/c1-22-12-14-8-10-25(11-9-14)13-15-4-3-5-16-19(15)24(2)21(29)26(16)17-6-7-18(27)23-20(17)28/h3-5,14,17,22H,6-13H2,1-2H3,(H,23,27,28). The van der Waals surface area contributed by atoms with Gasteiger partial charge in [0.1, 0.15) is 6.04 Å². The van der Waals surface area contributed by atoms with Crippen LogP contribution in [-0.4, -0.2) is 52.5 Å². The molecule has 2 aliphatic rings. The quantitative estimate of drug-likeness (QED) is 0.725. The first-order chi connectivity index (χ1) is 14.0. The zero-order valence-electron chi connectivity index (χ0n) is 17.1. The molecule has 0 radical (unpaired) electrons. The van der Waals surface area contributed by atoms with Crippen molar-refractivity contribution in [2.75, 3.05) is 26.7 Å². The number of carbonyl (C=O) groups is 2. The average molecular weight is 399 g/mol. The van der Waals surface area contributed by atoms with Gasteiger partial charge in [-0.3, -0.25) is 28.9 Å². The van der Waals surface area contributed by atoms with E-state index in [0.717, 1.165) is 48.7 Å². The Balaban J connectivity index is 1.63. The van der Waals surface area contributed by atoms with Crippen LogP contribution in [0.2, 0.25) is 0 Å². The number of aryl methyl sites for hydroxylation is 1. The van der Waals surface area contributed by atoms with E-state index in [1.165, 1.54) is 12.8 Å². The van der Waals surface area contributed by atoms with E-state index in [-0.39, 0.29) is 18.0 Å². The Kier molecular flexibility index (Phi) is 5.56. The highest BCUT2D eigenvalue weighted by Crippen LogP contribution is 2.26. The Morgan fingerprint density at radius 1 is 1.14 bits per heavy atom. The van der Waals surface area contributed by atoms with Crippen molar-refractivity contribution < 1.29 is 9.59 Å². The van der Waals surface area contributed by atoms with E-state index in [1.54, 1.807) is 16.2 Å². The monoisotopic (exact) mass is 399 g/mol. The lowest BCUT2D eigenvalue weighted by Gasteiger charge is -2.32. The molecule has 8 nitrogen and oxygen atoms in total. The molecule has 1 aromatic carbocycles. The fraction of sp³-hybridized carbons (Fsp3) is 0.571. The largest absolute Gasteiger partial charge is 0.329 e. The molecule has 156 valence electrons. The van der Waals surface area contributed by atoms with E-state index in [4.69, 9.17) is 0 Å². The molecule has 2 amide bonds. The maximum Gasteiger partial charge on any atom is 0.329 e. The first-order valence-electron chi connectivity index (χ1n) is 10.4. The van der Waals surface area contributed by atoms with Crippen molar-refractivity contribution >= 4 is 22.8 Å². The number of aromatic nitrogens is 2. The third kappa shape index (κ3) is 3.74. The van der Waals surface area contributed by atoms with Gasteiger partial charge < -0.3 is 5.32 Å². The predicted octanol–water partition coefficient (Wildman–Crippen LogP) is 0.749. The van der Waals surface area contributed by atoms with Gasteiger partial charge in [-0.2, -0.15) is 0 Å². The third-order valence-corrected chi connectivity index (χ3v) is 6.30. The number of rotatable bonds is 5. The number of imidazole rings is 1. The Morgan fingerprint density at radius 2 is 1.90 bits per heavy atom. The normalized spacial score (nSPS) is 21.7. The second-order valence-electron chi connectivity index (χ2n) is 8.24. The highest BCUT2D eigenvalue weighted by atomic mass is 16.2. The van der Waals surface area contributed by atoms with Crippen LogP contribution < -0.4 is 16.3 Å². The van der Waals surface area contributed by atoms with E-state index < -0.39 is 11.9 Å². The van der Waals surface area contributed by atoms with Crippen molar-refractivity contribution in [3.63, 3.8) is 0 Å². The minimum atomic E-state index is -0.642. The summed E-state index contributed by atoms with van der Waals surface area (Å²) in [5.41, 5.74) is 2.52. The van der Waals surface area contributed by atoms with Gasteiger partial charge in [0, 0.05) is 20.0 Å². The van der Waals surface area contributed by atoms with Crippen molar-refractivity contribution in [2.24, 2.45) is 13.0 Å². The fourth-order valence-electron chi connectivity index (χ4n) is 4.76. The number of likely N-dealkylation sites (tertiary alicyclic amines) is 1. The Labute approximate surface area is 169 Å². The number of nitrogens with one attached hydrogen (secondary N) is 2. The smallest absolute Gasteiger partial charge is 0.319 e. The summed E-state index contributed by atoms with van der Waals surface area (Å²) in [5, 5.41) is 5.63. The van der Waals surface area contributed by atoms with Crippen LogP contribution in [0, 0.1) is 5.92 Å². The molecule has 0 saturated carbocycles. The molecule has 0 aliphatic carbocycles. The molecule has 1 aromatic heterocycles. The molecule has 2 fully saturated rings. The second kappa shape index (κ2) is 8.12. The van der Waals surface area contributed by atoms with Crippen molar-refractivity contribution in [3.8, 4) is 0 Å². The van der Waals surface area contributed by atoms with E-state index in [9.17, 15) is 14.4 Å². The topological polar surface area (TPSA) is 88.4 Å². The summed E-state index contributed by atoms with van der Waals surface area (Å²) in [6, 6.07) is 5.27. The van der Waals surface area contributed by atoms with Crippen LogP contribution in [0.4, 0.5) is 0 Å². The van der Waals surface area contributed by atoms with Crippen LogP contribution in [0.25, 0.3) is 11.0 Å². The van der Waals surface area contributed by atoms with Crippen LogP contribution in [0.3, 0.4) is 0 Å². The van der Waals surface area contributed by atoms with E-state index in [1.807, 2.05) is 19.2 Å². The van der Waals surface area contributed by atoms with Gasteiger partial charge in [0.15, 0.2) is 0 Å². The van der Waals surface area contributed by atoms with Crippen LogP contribution in [-0.2, 0) is 23.2 Å². The van der Waals surface area contributed by atoms with Gasteiger partial charge in [0.2, 0.25) is 11.8 Å². The molecule has 3 heterocycles. The van der Waals surface area contributed by atoms with Crippen LogP contribution in [0.15, 0.2) is 23.0 Å². The third-order valence-electron chi connectivity index (χ3n) is 6.30. The van der Waals surface area contributed by atoms with Crippen molar-refractivity contribution in [1.29, 1.82) is 0 Å². The van der Waals surface area contributed by atoms with Gasteiger partial charge in [0.25, 0.3) is 0 Å². The summed E-state index contributed by atoms with van der Waals surface area (Å²) in [7, 11) is 3.76. The number of imide groups is 1. The first-order valence-corrected chi connectivity index (χ1v) is 10.4. The van der Waals surface area contributed by atoms with Crippen molar-refractivity contribution in [1.82, 2.24) is 24.7 Å². The van der Waals surface area contributed by atoms with Gasteiger partial charge in [0.05, 0.1) is 11.0 Å². The van der Waals surface area contributed by atoms with Gasteiger partial charge >= 0.3 is 5.69 Å². The first kappa shape index (κ1) is 19.8. The summed E-state index contributed by atoms with van der Waals surface area (Å²) in [6.45, 7) is 3.94. The number of hydrogen-bond acceptors (Lipinski definition) is 5. The number of fused-ring (bicyclic) bond motifs is 1. The van der Waals surface area contributed by atoms with Crippen molar-refractivity contribution in [2.45, 2.75) is 38.3 Å². The van der Waals surface area contributed by atoms with Crippen molar-refractivity contribution in [3.05, 3.63) is 34.2 Å². The maximum absolute atomic E-state index is 13.0. The number of hydrogen-bond donors (Lipinski definition) is 2. The van der Waals surface area contributed by atoms with E-state index in [2.05, 4.69) is 21.6 Å². The van der Waals surface area contributed by atoms with Crippen LogP contribution in [0.1, 0.15) is 37.3 Å². The Bertz CT molecular complexity index is 984. The molecule has 0 spiro atoms. The molecule has 2 saturated heterocycles. The second-order valence-corrected chi connectivity index (χ2v) is 8.24. The summed E-state index contributed by atoms with van der Waals surface area (Å²) >= 11 is 0. The molecule has 4 rings (SSSR count). The number of carbonyl (C=O) groups excluding carboxylic acids is 2.